The first kappa shape index (κ1) is 22.1. The van der Waals surface area contributed by atoms with E-state index in [-0.39, 0.29) is 5.91 Å². The third-order valence-electron chi connectivity index (χ3n) is 6.46. The molecule has 0 radical (unpaired) electrons. The van der Waals surface area contributed by atoms with Crippen molar-refractivity contribution in [1.82, 2.24) is 4.90 Å². The third-order valence-corrected chi connectivity index (χ3v) is 6.46. The number of rotatable bonds is 8. The Balaban J connectivity index is 1.42. The lowest BCUT2D eigenvalue weighted by Crippen LogP contribution is -2.44. The van der Waals surface area contributed by atoms with E-state index in [0.717, 1.165) is 62.6 Å². The lowest BCUT2D eigenvalue weighted by Gasteiger charge is -2.30. The average Bonchev–Trinajstić information content (AvgIpc) is 2.99. The topological polar surface area (TPSA) is 50.8 Å². The van der Waals surface area contributed by atoms with Crippen molar-refractivity contribution in [1.29, 1.82) is 0 Å². The highest BCUT2D eigenvalue weighted by Crippen LogP contribution is 2.31. The molecule has 1 aromatic carbocycles. The molecule has 0 aromatic heterocycles. The minimum atomic E-state index is -0.683. The number of hydrogen-bond acceptors (Lipinski definition) is 4. The van der Waals surface area contributed by atoms with E-state index in [1.54, 1.807) is 7.11 Å². The van der Waals surface area contributed by atoms with Gasteiger partial charge in [-0.1, -0.05) is 32.6 Å². The molecule has 2 fully saturated rings. The minimum Gasteiger partial charge on any atom is -0.494 e. The predicted octanol–water partition coefficient (Wildman–Crippen LogP) is 4.87. The standard InChI is InChI=1S/C24H38N2O3/c1-20-9-7-16-26(19-20)17-8-18-29-22-12-10-21(11-13-22)25-23(27)24(28-2)14-5-3-4-6-15-24/h10-13,20H,3-9,14-19H2,1-2H3,(H,25,27). The van der Waals surface area contributed by atoms with Gasteiger partial charge in [0, 0.05) is 25.9 Å². The van der Waals surface area contributed by atoms with Gasteiger partial charge in [0.05, 0.1) is 6.61 Å². The van der Waals surface area contributed by atoms with Gasteiger partial charge in [-0.15, -0.1) is 0 Å². The van der Waals surface area contributed by atoms with Crippen LogP contribution in [0.1, 0.15) is 64.7 Å². The fourth-order valence-corrected chi connectivity index (χ4v) is 4.67. The van der Waals surface area contributed by atoms with Crippen LogP contribution in [0.5, 0.6) is 5.75 Å². The van der Waals surface area contributed by atoms with Crippen LogP contribution in [-0.4, -0.2) is 49.8 Å². The highest BCUT2D eigenvalue weighted by atomic mass is 16.5. The molecular formula is C24H38N2O3. The van der Waals surface area contributed by atoms with Crippen molar-refractivity contribution in [3.63, 3.8) is 0 Å². The number of benzene rings is 1. The van der Waals surface area contributed by atoms with Gasteiger partial charge in [0.15, 0.2) is 0 Å². The minimum absolute atomic E-state index is 0.0219. The van der Waals surface area contributed by atoms with Crippen LogP contribution < -0.4 is 10.1 Å². The fourth-order valence-electron chi connectivity index (χ4n) is 4.67. The van der Waals surface area contributed by atoms with Crippen molar-refractivity contribution >= 4 is 11.6 Å². The molecule has 5 heteroatoms. The number of piperidine rings is 1. The number of amides is 1. The fraction of sp³-hybridized carbons (Fsp3) is 0.708. The van der Waals surface area contributed by atoms with Gasteiger partial charge in [-0.05, 0) is 68.8 Å². The summed E-state index contributed by atoms with van der Waals surface area (Å²) in [6.07, 6.45) is 9.78. The van der Waals surface area contributed by atoms with Gasteiger partial charge < -0.3 is 19.7 Å². The number of nitrogens with zero attached hydrogens (tertiary/aromatic N) is 1. The highest BCUT2D eigenvalue weighted by molar-refractivity contribution is 5.97. The van der Waals surface area contributed by atoms with Crippen molar-refractivity contribution in [3.05, 3.63) is 24.3 Å². The summed E-state index contributed by atoms with van der Waals surface area (Å²) in [7, 11) is 1.66. The lowest BCUT2D eigenvalue weighted by atomic mass is 9.93. The van der Waals surface area contributed by atoms with Gasteiger partial charge in [-0.25, -0.2) is 0 Å². The molecule has 3 rings (SSSR count). The Kier molecular flexibility index (Phi) is 8.37. The van der Waals surface area contributed by atoms with Crippen molar-refractivity contribution in [2.75, 3.05) is 38.7 Å². The smallest absolute Gasteiger partial charge is 0.256 e. The van der Waals surface area contributed by atoms with Crippen molar-refractivity contribution in [2.45, 2.75) is 70.3 Å². The number of nitrogens with one attached hydrogen (secondary N) is 1. The summed E-state index contributed by atoms with van der Waals surface area (Å²) in [6, 6.07) is 7.70. The second kappa shape index (κ2) is 11.0. The van der Waals surface area contributed by atoms with Gasteiger partial charge in [-0.2, -0.15) is 0 Å². The van der Waals surface area contributed by atoms with Crippen LogP contribution >= 0.6 is 0 Å². The molecule has 29 heavy (non-hydrogen) atoms. The highest BCUT2D eigenvalue weighted by Gasteiger charge is 2.38. The molecule has 0 bridgehead atoms. The Bertz CT molecular complexity index is 624. The molecule has 1 saturated heterocycles. The maximum absolute atomic E-state index is 12.9. The molecule has 1 aromatic rings. The molecule has 5 nitrogen and oxygen atoms in total. The Morgan fingerprint density at radius 3 is 2.52 bits per heavy atom. The van der Waals surface area contributed by atoms with E-state index in [9.17, 15) is 4.79 Å². The van der Waals surface area contributed by atoms with E-state index in [1.807, 2.05) is 24.3 Å². The zero-order valence-corrected chi connectivity index (χ0v) is 18.3. The van der Waals surface area contributed by atoms with E-state index >= 15 is 0 Å². The lowest BCUT2D eigenvalue weighted by molar-refractivity contribution is -0.139. The second-order valence-electron chi connectivity index (χ2n) is 8.84. The number of anilines is 1. The molecule has 1 amide bonds. The van der Waals surface area contributed by atoms with Gasteiger partial charge in [0.2, 0.25) is 0 Å². The molecule has 1 unspecified atom stereocenters. The zero-order valence-electron chi connectivity index (χ0n) is 18.3. The molecule has 1 N–H and O–H groups in total. The monoisotopic (exact) mass is 402 g/mol. The number of methoxy groups -OCH3 is 1. The number of likely N-dealkylation sites (tertiary alicyclic amines) is 1. The van der Waals surface area contributed by atoms with Crippen molar-refractivity contribution < 1.29 is 14.3 Å². The Labute approximate surface area is 176 Å². The maximum Gasteiger partial charge on any atom is 0.256 e. The molecule has 1 heterocycles. The first-order valence-electron chi connectivity index (χ1n) is 11.4. The van der Waals surface area contributed by atoms with Gasteiger partial charge in [0.1, 0.15) is 11.4 Å². The molecule has 1 atom stereocenters. The molecule has 1 saturated carbocycles. The summed E-state index contributed by atoms with van der Waals surface area (Å²) in [5, 5.41) is 3.05. The van der Waals surface area contributed by atoms with E-state index in [4.69, 9.17) is 9.47 Å². The van der Waals surface area contributed by atoms with Crippen LogP contribution in [0, 0.1) is 5.92 Å². The summed E-state index contributed by atoms with van der Waals surface area (Å²) in [5.74, 6) is 1.65. The molecule has 1 aliphatic carbocycles. The summed E-state index contributed by atoms with van der Waals surface area (Å²) in [6.45, 7) is 6.62. The van der Waals surface area contributed by atoms with Gasteiger partial charge in [-0.3, -0.25) is 4.79 Å². The van der Waals surface area contributed by atoms with Crippen molar-refractivity contribution in [3.8, 4) is 5.75 Å². The summed E-state index contributed by atoms with van der Waals surface area (Å²) in [4.78, 5) is 15.4. The number of carbonyl (C=O) groups is 1. The largest absolute Gasteiger partial charge is 0.494 e. The molecule has 0 spiro atoms. The van der Waals surface area contributed by atoms with Crippen LogP contribution in [0.15, 0.2) is 24.3 Å². The quantitative estimate of drug-likeness (QED) is 0.498. The van der Waals surface area contributed by atoms with E-state index in [0.29, 0.717) is 0 Å². The first-order chi connectivity index (χ1) is 14.1. The van der Waals surface area contributed by atoms with Crippen molar-refractivity contribution in [2.24, 2.45) is 5.92 Å². The second-order valence-corrected chi connectivity index (χ2v) is 8.84. The number of hydrogen-bond donors (Lipinski definition) is 1. The summed E-state index contributed by atoms with van der Waals surface area (Å²) in [5.41, 5.74) is 0.114. The Morgan fingerprint density at radius 1 is 1.14 bits per heavy atom. The zero-order chi connectivity index (χ0) is 20.5. The summed E-state index contributed by atoms with van der Waals surface area (Å²) < 4.78 is 11.6. The Morgan fingerprint density at radius 2 is 1.86 bits per heavy atom. The van der Waals surface area contributed by atoms with E-state index in [1.165, 1.54) is 38.8 Å². The first-order valence-corrected chi connectivity index (χ1v) is 11.4. The van der Waals surface area contributed by atoms with E-state index in [2.05, 4.69) is 17.1 Å². The van der Waals surface area contributed by atoms with E-state index < -0.39 is 5.60 Å². The molecule has 162 valence electrons. The number of ether oxygens (including phenoxy) is 2. The summed E-state index contributed by atoms with van der Waals surface area (Å²) >= 11 is 0. The number of carbonyl (C=O) groups excluding carboxylic acids is 1. The molecule has 1 aliphatic heterocycles. The van der Waals surface area contributed by atoms with Crippen LogP contribution in [0.2, 0.25) is 0 Å². The normalized spacial score (nSPS) is 22.6. The third kappa shape index (κ3) is 6.45. The Hall–Kier alpha value is -1.59. The van der Waals surface area contributed by atoms with Crippen LogP contribution in [0.3, 0.4) is 0 Å². The van der Waals surface area contributed by atoms with Crippen LogP contribution in [0.25, 0.3) is 0 Å². The molecule has 2 aliphatic rings. The predicted molar refractivity (Wildman–Crippen MR) is 117 cm³/mol. The van der Waals surface area contributed by atoms with Crippen LogP contribution in [-0.2, 0) is 9.53 Å². The van der Waals surface area contributed by atoms with Gasteiger partial charge in [0.25, 0.3) is 5.91 Å². The SMILES string of the molecule is COC1(C(=O)Nc2ccc(OCCCN3CCCC(C)C3)cc2)CCCCCC1. The van der Waals surface area contributed by atoms with Gasteiger partial charge >= 0.3 is 0 Å². The molecular weight excluding hydrogens is 364 g/mol. The van der Waals surface area contributed by atoms with Crippen LogP contribution in [0.4, 0.5) is 5.69 Å². The maximum atomic E-state index is 12.9. The average molecular weight is 403 g/mol.